The number of carbonyl (C=O) groups is 2. The normalized spacial score (nSPS) is 17.2. The third-order valence-corrected chi connectivity index (χ3v) is 7.23. The third kappa shape index (κ3) is 6.42. The Kier molecular flexibility index (Phi) is 8.47. The van der Waals surface area contributed by atoms with Gasteiger partial charge in [0, 0.05) is 19.0 Å². The Labute approximate surface area is 180 Å². The summed E-state index contributed by atoms with van der Waals surface area (Å²) in [6.45, 7) is 2.18. The first-order valence-corrected chi connectivity index (χ1v) is 11.6. The molecule has 174 valence electrons. The minimum absolute atomic E-state index is 0.0407. The van der Waals surface area contributed by atoms with Gasteiger partial charge in [-0.3, -0.25) is 4.79 Å². The van der Waals surface area contributed by atoms with Gasteiger partial charge in [0.25, 0.3) is 0 Å². The van der Waals surface area contributed by atoms with E-state index >= 15 is 0 Å². The molecule has 0 radical (unpaired) electrons. The third-order valence-electron chi connectivity index (χ3n) is 5.27. The van der Waals surface area contributed by atoms with Crippen molar-refractivity contribution < 1.29 is 35.9 Å². The van der Waals surface area contributed by atoms with Gasteiger partial charge in [-0.05, 0) is 30.9 Å². The predicted molar refractivity (Wildman–Crippen MR) is 107 cm³/mol. The van der Waals surface area contributed by atoms with Crippen LogP contribution in [-0.2, 0) is 30.5 Å². The lowest BCUT2D eigenvalue weighted by Crippen LogP contribution is -2.45. The van der Waals surface area contributed by atoms with Crippen LogP contribution < -0.4 is 5.32 Å². The molecule has 0 spiro atoms. The summed E-state index contributed by atoms with van der Waals surface area (Å²) in [6, 6.07) is 2.86. The molecule has 1 aliphatic heterocycles. The first-order chi connectivity index (χ1) is 14.5. The van der Waals surface area contributed by atoms with Gasteiger partial charge >= 0.3 is 12.1 Å². The second kappa shape index (κ2) is 10.4. The van der Waals surface area contributed by atoms with Gasteiger partial charge in [-0.25, -0.2) is 17.5 Å². The molecule has 1 aliphatic rings. The number of amides is 1. The standard InChI is InChI=1S/C20H27F3N2O5S/c1-3-4-13-31(28,29)25-11-9-14(10-12-25)18(26)24-17(19(27)30-2)15-7-5-6-8-16(15)20(21,22)23/h5-8,14,17H,3-4,9-13H2,1-2H3,(H,24,26)/t17-/m0/s1. The quantitative estimate of drug-likeness (QED) is 0.598. The van der Waals surface area contributed by atoms with Crippen molar-refractivity contribution in [3.63, 3.8) is 0 Å². The number of unbranched alkanes of at least 4 members (excludes halogenated alkanes) is 1. The molecule has 0 bridgehead atoms. The molecule has 1 saturated heterocycles. The zero-order valence-electron chi connectivity index (χ0n) is 17.4. The number of halogens is 3. The van der Waals surface area contributed by atoms with Crippen molar-refractivity contribution in [3.8, 4) is 0 Å². The average Bonchev–Trinajstić information content (AvgIpc) is 2.75. The van der Waals surface area contributed by atoms with E-state index in [1.165, 1.54) is 16.4 Å². The van der Waals surface area contributed by atoms with E-state index in [0.717, 1.165) is 25.7 Å². The molecule has 0 unspecified atom stereocenters. The molecule has 1 amide bonds. The van der Waals surface area contributed by atoms with Crippen LogP contribution >= 0.6 is 0 Å². The van der Waals surface area contributed by atoms with Crippen molar-refractivity contribution in [2.24, 2.45) is 5.92 Å². The molecule has 2 rings (SSSR count). The molecule has 0 aliphatic carbocycles. The van der Waals surface area contributed by atoms with Crippen LogP contribution in [0.3, 0.4) is 0 Å². The van der Waals surface area contributed by atoms with Crippen LogP contribution in [0.1, 0.15) is 49.8 Å². The molecule has 11 heteroatoms. The van der Waals surface area contributed by atoms with Crippen LogP contribution in [0.2, 0.25) is 0 Å². The molecule has 0 aromatic heterocycles. The van der Waals surface area contributed by atoms with Crippen molar-refractivity contribution in [2.75, 3.05) is 26.0 Å². The van der Waals surface area contributed by atoms with E-state index in [2.05, 4.69) is 10.1 Å². The van der Waals surface area contributed by atoms with Gasteiger partial charge in [0.1, 0.15) is 0 Å². The highest BCUT2D eigenvalue weighted by molar-refractivity contribution is 7.89. The van der Waals surface area contributed by atoms with Crippen molar-refractivity contribution in [2.45, 2.75) is 44.8 Å². The van der Waals surface area contributed by atoms with Gasteiger partial charge in [-0.2, -0.15) is 13.2 Å². The predicted octanol–water partition coefficient (Wildman–Crippen LogP) is 2.88. The number of carbonyl (C=O) groups excluding carboxylic acids is 2. The molecule has 0 saturated carbocycles. The lowest BCUT2D eigenvalue weighted by Gasteiger charge is -2.31. The van der Waals surface area contributed by atoms with Crippen molar-refractivity contribution in [1.29, 1.82) is 0 Å². The number of sulfonamides is 1. The lowest BCUT2D eigenvalue weighted by atomic mass is 9.95. The minimum Gasteiger partial charge on any atom is -0.467 e. The molecule has 1 atom stereocenters. The zero-order valence-corrected chi connectivity index (χ0v) is 18.3. The summed E-state index contributed by atoms with van der Waals surface area (Å²) < 4.78 is 70.7. The van der Waals surface area contributed by atoms with E-state index < -0.39 is 51.2 Å². The summed E-state index contributed by atoms with van der Waals surface area (Å²) >= 11 is 0. The molecule has 1 fully saturated rings. The largest absolute Gasteiger partial charge is 0.467 e. The van der Waals surface area contributed by atoms with Gasteiger partial charge in [0.2, 0.25) is 15.9 Å². The summed E-state index contributed by atoms with van der Waals surface area (Å²) in [4.78, 5) is 24.9. The summed E-state index contributed by atoms with van der Waals surface area (Å²) in [6.07, 6.45) is -3.00. The maximum Gasteiger partial charge on any atom is 0.416 e. The highest BCUT2D eigenvalue weighted by atomic mass is 32.2. The second-order valence-electron chi connectivity index (χ2n) is 7.39. The van der Waals surface area contributed by atoms with E-state index in [4.69, 9.17) is 0 Å². The Morgan fingerprint density at radius 2 is 1.84 bits per heavy atom. The van der Waals surface area contributed by atoms with Crippen LogP contribution in [0.5, 0.6) is 0 Å². The monoisotopic (exact) mass is 464 g/mol. The molecule has 7 nitrogen and oxygen atoms in total. The Bertz CT molecular complexity index is 881. The number of hydrogen-bond donors (Lipinski definition) is 1. The number of hydrogen-bond acceptors (Lipinski definition) is 5. The fraction of sp³-hybridized carbons (Fsp3) is 0.600. The summed E-state index contributed by atoms with van der Waals surface area (Å²) in [7, 11) is -2.37. The number of benzene rings is 1. The molecular formula is C20H27F3N2O5S. The summed E-state index contributed by atoms with van der Waals surface area (Å²) in [5.41, 5.74) is -1.45. The summed E-state index contributed by atoms with van der Waals surface area (Å²) in [5, 5.41) is 2.37. The highest BCUT2D eigenvalue weighted by Gasteiger charge is 2.39. The second-order valence-corrected chi connectivity index (χ2v) is 9.48. The van der Waals surface area contributed by atoms with Crippen LogP contribution in [0.15, 0.2) is 24.3 Å². The van der Waals surface area contributed by atoms with Gasteiger partial charge in [0.15, 0.2) is 6.04 Å². The Morgan fingerprint density at radius 3 is 2.39 bits per heavy atom. The van der Waals surface area contributed by atoms with Crippen LogP contribution in [0, 0.1) is 5.92 Å². The number of methoxy groups -OCH3 is 1. The molecule has 1 aromatic rings. The smallest absolute Gasteiger partial charge is 0.416 e. The van der Waals surface area contributed by atoms with E-state index in [9.17, 15) is 31.2 Å². The van der Waals surface area contributed by atoms with Crippen molar-refractivity contribution in [3.05, 3.63) is 35.4 Å². The summed E-state index contributed by atoms with van der Waals surface area (Å²) in [5.74, 6) is -2.22. The highest BCUT2D eigenvalue weighted by Crippen LogP contribution is 2.35. The van der Waals surface area contributed by atoms with Crippen LogP contribution in [-0.4, -0.2) is 50.6 Å². The molecule has 1 aromatic carbocycles. The molecule has 31 heavy (non-hydrogen) atoms. The number of nitrogens with one attached hydrogen (secondary N) is 1. The topological polar surface area (TPSA) is 92.8 Å². The van der Waals surface area contributed by atoms with Gasteiger partial charge < -0.3 is 10.1 Å². The first-order valence-electron chi connectivity index (χ1n) is 10.0. The molecule has 1 N–H and O–H groups in total. The fourth-order valence-electron chi connectivity index (χ4n) is 3.50. The first kappa shape index (κ1) is 25.1. The lowest BCUT2D eigenvalue weighted by molar-refractivity contribution is -0.147. The van der Waals surface area contributed by atoms with Gasteiger partial charge in [-0.15, -0.1) is 0 Å². The van der Waals surface area contributed by atoms with Crippen LogP contribution in [0.4, 0.5) is 13.2 Å². The number of ether oxygens (including phenoxy) is 1. The minimum atomic E-state index is -4.72. The Morgan fingerprint density at radius 1 is 1.23 bits per heavy atom. The number of piperidine rings is 1. The van der Waals surface area contributed by atoms with E-state index in [1.54, 1.807) is 0 Å². The van der Waals surface area contributed by atoms with Crippen LogP contribution in [0.25, 0.3) is 0 Å². The van der Waals surface area contributed by atoms with Gasteiger partial charge in [-0.1, -0.05) is 31.5 Å². The molecule has 1 heterocycles. The van der Waals surface area contributed by atoms with Gasteiger partial charge in [0.05, 0.1) is 18.4 Å². The molecular weight excluding hydrogens is 437 g/mol. The van der Waals surface area contributed by atoms with E-state index in [1.807, 2.05) is 6.92 Å². The average molecular weight is 465 g/mol. The maximum atomic E-state index is 13.4. The number of rotatable bonds is 8. The maximum absolute atomic E-state index is 13.4. The Balaban J connectivity index is 2.13. The number of esters is 1. The fourth-order valence-corrected chi connectivity index (χ4v) is 5.18. The Hall–Kier alpha value is -2.14. The number of nitrogens with zero attached hydrogens (tertiary/aromatic N) is 1. The SMILES string of the molecule is CCCCS(=O)(=O)N1CCC(C(=O)N[C@H](C(=O)OC)c2ccccc2C(F)(F)F)CC1. The van der Waals surface area contributed by atoms with E-state index in [-0.39, 0.29) is 31.7 Å². The number of alkyl halides is 3. The zero-order chi connectivity index (χ0) is 23.2. The van der Waals surface area contributed by atoms with E-state index in [0.29, 0.717) is 6.42 Å². The van der Waals surface area contributed by atoms with Crippen molar-refractivity contribution >= 4 is 21.9 Å². The van der Waals surface area contributed by atoms with Crippen molar-refractivity contribution in [1.82, 2.24) is 9.62 Å².